The van der Waals surface area contributed by atoms with Gasteiger partial charge in [-0.3, -0.25) is 0 Å². The van der Waals surface area contributed by atoms with Gasteiger partial charge in [-0.05, 0) is 42.7 Å². The van der Waals surface area contributed by atoms with Crippen molar-refractivity contribution in [3.8, 4) is 0 Å². The molecule has 0 spiro atoms. The fraction of sp³-hybridized carbons (Fsp3) is 0.176. The zero-order valence-corrected chi connectivity index (χ0v) is 12.1. The highest BCUT2D eigenvalue weighted by Gasteiger charge is 2.16. The standard InChI is InChI=1S/C17H15ClO2/c1-10-4-3-5-13-9-15(20-17(10)13)16(19)12-6-7-14(18)11(2)8-12/h3-9,16,19H,1-2H3. The Kier molecular flexibility index (Phi) is 3.28. The Morgan fingerprint density at radius 3 is 2.55 bits per heavy atom. The number of hydrogen-bond acceptors (Lipinski definition) is 2. The zero-order chi connectivity index (χ0) is 14.3. The van der Waals surface area contributed by atoms with Crippen LogP contribution in [0.1, 0.15) is 28.6 Å². The summed E-state index contributed by atoms with van der Waals surface area (Å²) < 4.78 is 5.80. The van der Waals surface area contributed by atoms with Gasteiger partial charge < -0.3 is 9.52 Å². The highest BCUT2D eigenvalue weighted by Crippen LogP contribution is 2.31. The summed E-state index contributed by atoms with van der Waals surface area (Å²) in [4.78, 5) is 0. The summed E-state index contributed by atoms with van der Waals surface area (Å²) in [7, 11) is 0. The van der Waals surface area contributed by atoms with Gasteiger partial charge in [-0.25, -0.2) is 0 Å². The lowest BCUT2D eigenvalue weighted by atomic mass is 10.0. The maximum atomic E-state index is 10.5. The topological polar surface area (TPSA) is 33.4 Å². The van der Waals surface area contributed by atoms with E-state index in [4.69, 9.17) is 16.0 Å². The van der Waals surface area contributed by atoms with Crippen LogP contribution in [0.15, 0.2) is 46.9 Å². The second-order valence-corrected chi connectivity index (χ2v) is 5.46. The Labute approximate surface area is 122 Å². The molecule has 0 aliphatic heterocycles. The number of aliphatic hydroxyl groups is 1. The van der Waals surface area contributed by atoms with Gasteiger partial charge in [0.05, 0.1) is 0 Å². The molecule has 2 nitrogen and oxygen atoms in total. The summed E-state index contributed by atoms with van der Waals surface area (Å²) >= 11 is 6.01. The monoisotopic (exact) mass is 286 g/mol. The largest absolute Gasteiger partial charge is 0.458 e. The van der Waals surface area contributed by atoms with Crippen molar-refractivity contribution in [1.82, 2.24) is 0 Å². The summed E-state index contributed by atoms with van der Waals surface area (Å²) in [6, 6.07) is 13.3. The zero-order valence-electron chi connectivity index (χ0n) is 11.4. The molecule has 1 atom stereocenters. The number of aliphatic hydroxyl groups excluding tert-OH is 1. The third-order valence-corrected chi connectivity index (χ3v) is 3.95. The fourth-order valence-corrected chi connectivity index (χ4v) is 2.48. The molecule has 0 radical (unpaired) electrons. The number of fused-ring (bicyclic) bond motifs is 1. The van der Waals surface area contributed by atoms with Crippen LogP contribution in [0.25, 0.3) is 11.0 Å². The Hall–Kier alpha value is -1.77. The first kappa shape index (κ1) is 13.2. The van der Waals surface area contributed by atoms with Crippen molar-refractivity contribution in [2.75, 3.05) is 0 Å². The van der Waals surface area contributed by atoms with Crippen LogP contribution < -0.4 is 0 Å². The van der Waals surface area contributed by atoms with Crippen LogP contribution in [0, 0.1) is 13.8 Å². The van der Waals surface area contributed by atoms with Crippen LogP contribution in [0.4, 0.5) is 0 Å². The van der Waals surface area contributed by atoms with Gasteiger partial charge in [0.15, 0.2) is 0 Å². The molecule has 0 bridgehead atoms. The van der Waals surface area contributed by atoms with E-state index in [-0.39, 0.29) is 0 Å². The predicted octanol–water partition coefficient (Wildman–Crippen LogP) is 4.78. The number of halogens is 1. The van der Waals surface area contributed by atoms with E-state index in [9.17, 15) is 5.11 Å². The molecule has 3 rings (SSSR count). The molecule has 0 saturated carbocycles. The minimum absolute atomic E-state index is 0.552. The Morgan fingerprint density at radius 1 is 1.05 bits per heavy atom. The normalized spacial score (nSPS) is 12.8. The van der Waals surface area contributed by atoms with E-state index in [0.717, 1.165) is 27.7 Å². The van der Waals surface area contributed by atoms with Crippen molar-refractivity contribution in [1.29, 1.82) is 0 Å². The first-order valence-electron chi connectivity index (χ1n) is 6.49. The van der Waals surface area contributed by atoms with Crippen LogP contribution in [-0.2, 0) is 0 Å². The molecule has 2 aromatic carbocycles. The van der Waals surface area contributed by atoms with Gasteiger partial charge >= 0.3 is 0 Å². The van der Waals surface area contributed by atoms with E-state index in [2.05, 4.69) is 0 Å². The van der Waals surface area contributed by atoms with Crippen molar-refractivity contribution in [3.05, 3.63) is 69.9 Å². The highest BCUT2D eigenvalue weighted by atomic mass is 35.5. The lowest BCUT2D eigenvalue weighted by molar-refractivity contribution is 0.192. The van der Waals surface area contributed by atoms with Crippen molar-refractivity contribution < 1.29 is 9.52 Å². The van der Waals surface area contributed by atoms with Crippen molar-refractivity contribution in [2.45, 2.75) is 20.0 Å². The molecule has 102 valence electrons. The Morgan fingerprint density at radius 2 is 1.85 bits per heavy atom. The smallest absolute Gasteiger partial charge is 0.138 e. The summed E-state index contributed by atoms with van der Waals surface area (Å²) in [6.45, 7) is 3.91. The van der Waals surface area contributed by atoms with Crippen LogP contribution in [0.2, 0.25) is 5.02 Å². The first-order chi connectivity index (χ1) is 9.56. The molecule has 1 heterocycles. The van der Waals surface area contributed by atoms with Crippen molar-refractivity contribution in [2.24, 2.45) is 0 Å². The van der Waals surface area contributed by atoms with Gasteiger partial charge in [0.1, 0.15) is 17.4 Å². The van der Waals surface area contributed by atoms with E-state index in [1.54, 1.807) is 6.07 Å². The molecule has 0 amide bonds. The number of aryl methyl sites for hydroxylation is 2. The number of benzene rings is 2. The number of para-hydroxylation sites is 1. The van der Waals surface area contributed by atoms with Crippen molar-refractivity contribution in [3.63, 3.8) is 0 Å². The molecule has 3 heteroatoms. The summed E-state index contributed by atoms with van der Waals surface area (Å²) in [6.07, 6.45) is -0.780. The lowest BCUT2D eigenvalue weighted by Crippen LogP contribution is -1.98. The van der Waals surface area contributed by atoms with Gasteiger partial charge in [0.25, 0.3) is 0 Å². The van der Waals surface area contributed by atoms with Crippen LogP contribution in [0.3, 0.4) is 0 Å². The fourth-order valence-electron chi connectivity index (χ4n) is 2.37. The highest BCUT2D eigenvalue weighted by molar-refractivity contribution is 6.31. The molecule has 0 fully saturated rings. The predicted molar refractivity (Wildman–Crippen MR) is 81.2 cm³/mol. The maximum absolute atomic E-state index is 10.5. The second kappa shape index (κ2) is 4.97. The molecule has 1 unspecified atom stereocenters. The molecule has 20 heavy (non-hydrogen) atoms. The number of furan rings is 1. The molecule has 1 aromatic heterocycles. The van der Waals surface area contributed by atoms with Crippen LogP contribution in [0.5, 0.6) is 0 Å². The third kappa shape index (κ3) is 2.21. The Balaban J connectivity index is 2.05. The maximum Gasteiger partial charge on any atom is 0.138 e. The summed E-state index contributed by atoms with van der Waals surface area (Å²) in [5, 5.41) is 12.2. The van der Waals surface area contributed by atoms with Gasteiger partial charge in [-0.15, -0.1) is 0 Å². The average molecular weight is 287 g/mol. The van der Waals surface area contributed by atoms with E-state index < -0.39 is 6.10 Å². The molecular weight excluding hydrogens is 272 g/mol. The van der Waals surface area contributed by atoms with Crippen LogP contribution in [-0.4, -0.2) is 5.11 Å². The second-order valence-electron chi connectivity index (χ2n) is 5.05. The van der Waals surface area contributed by atoms with Gasteiger partial charge in [0, 0.05) is 10.4 Å². The minimum atomic E-state index is -0.780. The Bertz CT molecular complexity index is 774. The molecule has 0 saturated heterocycles. The summed E-state index contributed by atoms with van der Waals surface area (Å²) in [5.74, 6) is 0.552. The molecule has 3 aromatic rings. The average Bonchev–Trinajstić information content (AvgIpc) is 2.86. The molecule has 0 aliphatic carbocycles. The third-order valence-electron chi connectivity index (χ3n) is 3.53. The van der Waals surface area contributed by atoms with Gasteiger partial charge in [-0.2, -0.15) is 0 Å². The quantitative estimate of drug-likeness (QED) is 0.735. The minimum Gasteiger partial charge on any atom is -0.458 e. The van der Waals surface area contributed by atoms with Crippen molar-refractivity contribution >= 4 is 22.6 Å². The number of hydrogen-bond donors (Lipinski definition) is 1. The van der Waals surface area contributed by atoms with Gasteiger partial charge in [-0.1, -0.05) is 41.9 Å². The number of rotatable bonds is 2. The first-order valence-corrected chi connectivity index (χ1v) is 6.87. The summed E-state index contributed by atoms with van der Waals surface area (Å²) in [5.41, 5.74) is 3.61. The van der Waals surface area contributed by atoms with E-state index >= 15 is 0 Å². The molecule has 1 N–H and O–H groups in total. The van der Waals surface area contributed by atoms with Crippen LogP contribution >= 0.6 is 11.6 Å². The molecule has 0 aliphatic rings. The van der Waals surface area contributed by atoms with E-state index in [1.165, 1.54) is 0 Å². The lowest BCUT2D eigenvalue weighted by Gasteiger charge is -2.09. The SMILES string of the molecule is Cc1cc(C(O)c2cc3cccc(C)c3o2)ccc1Cl. The van der Waals surface area contributed by atoms with E-state index in [0.29, 0.717) is 10.8 Å². The van der Waals surface area contributed by atoms with Gasteiger partial charge in [0.2, 0.25) is 0 Å². The van der Waals surface area contributed by atoms with E-state index in [1.807, 2.05) is 50.2 Å². The molecular formula is C17H15ClO2.